The minimum absolute atomic E-state index is 0.0355. The Bertz CT molecular complexity index is 574. The number of nitrogens with zero attached hydrogens (tertiary/aromatic N) is 3. The Morgan fingerprint density at radius 3 is 3.20 bits per heavy atom. The fraction of sp³-hybridized carbons (Fsp3) is 0.462. The normalized spacial score (nSPS) is 22.1. The number of halogens is 1. The number of H-pyrrole nitrogens is 1. The molecule has 0 bridgehead atoms. The van der Waals surface area contributed by atoms with Gasteiger partial charge in [-0.15, -0.1) is 0 Å². The smallest absolute Gasteiger partial charge is 0.153 e. The van der Waals surface area contributed by atoms with Gasteiger partial charge in [-0.1, -0.05) is 11.6 Å². The van der Waals surface area contributed by atoms with Crippen LogP contribution in [-0.4, -0.2) is 33.3 Å². The Morgan fingerprint density at radius 2 is 2.40 bits per heavy atom. The lowest BCUT2D eigenvalue weighted by Crippen LogP contribution is -2.19. The molecule has 2 aromatic heterocycles. The molecule has 2 aromatic rings. The number of aromatic nitrogens is 4. The van der Waals surface area contributed by atoms with E-state index in [4.69, 9.17) is 16.3 Å². The fourth-order valence-electron chi connectivity index (χ4n) is 2.42. The topological polar surface area (TPSA) is 75.7 Å². The zero-order valence-corrected chi connectivity index (χ0v) is 11.9. The van der Waals surface area contributed by atoms with E-state index < -0.39 is 0 Å². The number of pyridine rings is 1. The molecule has 1 fully saturated rings. The van der Waals surface area contributed by atoms with Crippen molar-refractivity contribution >= 4 is 17.3 Å². The molecule has 3 rings (SSSR count). The van der Waals surface area contributed by atoms with Crippen molar-refractivity contribution in [2.24, 2.45) is 5.92 Å². The summed E-state index contributed by atoms with van der Waals surface area (Å²) >= 11 is 6.23. The monoisotopic (exact) mass is 293 g/mol. The summed E-state index contributed by atoms with van der Waals surface area (Å²) in [5, 5.41) is 10.8. The van der Waals surface area contributed by atoms with Crippen LogP contribution >= 0.6 is 11.6 Å². The third-order valence-corrected chi connectivity index (χ3v) is 4.01. The molecule has 0 spiro atoms. The van der Waals surface area contributed by atoms with E-state index in [9.17, 15) is 0 Å². The Morgan fingerprint density at radius 1 is 1.50 bits per heavy atom. The molecule has 20 heavy (non-hydrogen) atoms. The summed E-state index contributed by atoms with van der Waals surface area (Å²) in [5.41, 5.74) is 1.73. The summed E-state index contributed by atoms with van der Waals surface area (Å²) in [7, 11) is 0. The molecule has 0 aromatic carbocycles. The average molecular weight is 294 g/mol. The van der Waals surface area contributed by atoms with E-state index in [1.165, 1.54) is 6.33 Å². The lowest BCUT2D eigenvalue weighted by atomic mass is 10.0. The van der Waals surface area contributed by atoms with Crippen LogP contribution in [0.25, 0.3) is 0 Å². The summed E-state index contributed by atoms with van der Waals surface area (Å²) in [4.78, 5) is 8.33. The Hall–Kier alpha value is -1.66. The van der Waals surface area contributed by atoms with E-state index in [2.05, 4.69) is 25.5 Å². The molecule has 106 valence electrons. The van der Waals surface area contributed by atoms with E-state index in [0.29, 0.717) is 10.9 Å². The van der Waals surface area contributed by atoms with Crippen molar-refractivity contribution in [2.75, 3.05) is 18.5 Å². The van der Waals surface area contributed by atoms with Gasteiger partial charge >= 0.3 is 0 Å². The van der Waals surface area contributed by atoms with Gasteiger partial charge < -0.3 is 10.1 Å². The molecule has 0 saturated carbocycles. The van der Waals surface area contributed by atoms with Crippen molar-refractivity contribution < 1.29 is 4.74 Å². The van der Waals surface area contributed by atoms with Crippen LogP contribution in [0.15, 0.2) is 18.6 Å². The van der Waals surface area contributed by atoms with Crippen LogP contribution in [-0.2, 0) is 4.74 Å². The average Bonchev–Trinajstić information content (AvgIpc) is 3.10. The van der Waals surface area contributed by atoms with Gasteiger partial charge in [0.1, 0.15) is 12.4 Å². The van der Waals surface area contributed by atoms with Crippen LogP contribution < -0.4 is 5.32 Å². The van der Waals surface area contributed by atoms with Gasteiger partial charge in [0.05, 0.1) is 16.4 Å². The number of rotatable bonds is 4. The standard InChI is InChI=1S/C13H16ClN5O/c1-8-11(14)10(2-4-15-8)16-6-9-3-5-20-12(9)13-17-7-18-19-13/h2,4,7,9,12H,3,5-6H2,1H3,(H,15,16)(H,17,18,19)/t9-,12-/m0/s1. The predicted octanol–water partition coefficient (Wildman–Crippen LogP) is 2.35. The highest BCUT2D eigenvalue weighted by atomic mass is 35.5. The van der Waals surface area contributed by atoms with E-state index >= 15 is 0 Å². The molecule has 1 aliphatic rings. The van der Waals surface area contributed by atoms with E-state index in [1.807, 2.05) is 13.0 Å². The first-order valence-corrected chi connectivity index (χ1v) is 6.95. The molecule has 1 saturated heterocycles. The number of aromatic amines is 1. The maximum absolute atomic E-state index is 6.23. The molecule has 0 unspecified atom stereocenters. The summed E-state index contributed by atoms with van der Waals surface area (Å²) in [6.07, 6.45) is 4.21. The molecular weight excluding hydrogens is 278 g/mol. The molecule has 7 heteroatoms. The second-order valence-corrected chi connectivity index (χ2v) is 5.23. The molecular formula is C13H16ClN5O. The zero-order chi connectivity index (χ0) is 13.9. The first kappa shape index (κ1) is 13.3. The molecule has 2 N–H and O–H groups in total. The third-order valence-electron chi connectivity index (χ3n) is 3.54. The Kier molecular flexibility index (Phi) is 3.84. The lowest BCUT2D eigenvalue weighted by Gasteiger charge is -2.18. The number of aryl methyl sites for hydroxylation is 1. The van der Waals surface area contributed by atoms with Gasteiger partial charge in [-0.05, 0) is 19.4 Å². The van der Waals surface area contributed by atoms with Crippen LogP contribution in [0.4, 0.5) is 5.69 Å². The second-order valence-electron chi connectivity index (χ2n) is 4.85. The van der Waals surface area contributed by atoms with Crippen molar-refractivity contribution in [2.45, 2.75) is 19.4 Å². The van der Waals surface area contributed by atoms with Gasteiger partial charge in [0.2, 0.25) is 0 Å². The fourth-order valence-corrected chi connectivity index (χ4v) is 2.60. The summed E-state index contributed by atoms with van der Waals surface area (Å²) in [6.45, 7) is 3.40. The highest BCUT2D eigenvalue weighted by Crippen LogP contribution is 2.33. The minimum Gasteiger partial charge on any atom is -0.383 e. The summed E-state index contributed by atoms with van der Waals surface area (Å²) in [6, 6.07) is 1.88. The Labute approximate surface area is 121 Å². The third kappa shape index (κ3) is 2.62. The van der Waals surface area contributed by atoms with Crippen LogP contribution in [0.5, 0.6) is 0 Å². The van der Waals surface area contributed by atoms with Gasteiger partial charge in [-0.2, -0.15) is 5.10 Å². The second kappa shape index (κ2) is 5.76. The maximum Gasteiger partial charge on any atom is 0.153 e. The number of anilines is 1. The first-order valence-electron chi connectivity index (χ1n) is 6.57. The summed E-state index contributed by atoms with van der Waals surface area (Å²) < 4.78 is 5.73. The molecule has 2 atom stereocenters. The minimum atomic E-state index is -0.0355. The number of nitrogens with one attached hydrogen (secondary N) is 2. The molecule has 3 heterocycles. The van der Waals surface area contributed by atoms with Gasteiger partial charge in [0, 0.05) is 25.3 Å². The largest absolute Gasteiger partial charge is 0.383 e. The van der Waals surface area contributed by atoms with E-state index in [0.717, 1.165) is 36.8 Å². The van der Waals surface area contributed by atoms with Crippen molar-refractivity contribution in [1.29, 1.82) is 0 Å². The number of hydrogen-bond donors (Lipinski definition) is 2. The zero-order valence-electron chi connectivity index (χ0n) is 11.1. The van der Waals surface area contributed by atoms with Crippen LogP contribution in [0.3, 0.4) is 0 Å². The van der Waals surface area contributed by atoms with Crippen molar-refractivity contribution in [3.05, 3.63) is 35.1 Å². The Balaban J connectivity index is 1.67. The number of ether oxygens (including phenoxy) is 1. The van der Waals surface area contributed by atoms with Crippen molar-refractivity contribution in [1.82, 2.24) is 20.2 Å². The quantitative estimate of drug-likeness (QED) is 0.905. The van der Waals surface area contributed by atoms with E-state index in [1.54, 1.807) is 6.20 Å². The highest BCUT2D eigenvalue weighted by molar-refractivity contribution is 6.33. The van der Waals surface area contributed by atoms with Crippen LogP contribution in [0.1, 0.15) is 24.0 Å². The molecule has 0 aliphatic carbocycles. The lowest BCUT2D eigenvalue weighted by molar-refractivity contribution is 0.0864. The molecule has 0 amide bonds. The van der Waals surface area contributed by atoms with Gasteiger partial charge in [-0.3, -0.25) is 10.1 Å². The van der Waals surface area contributed by atoms with Gasteiger partial charge in [-0.25, -0.2) is 4.98 Å². The highest BCUT2D eigenvalue weighted by Gasteiger charge is 2.31. The van der Waals surface area contributed by atoms with Crippen LogP contribution in [0, 0.1) is 12.8 Å². The van der Waals surface area contributed by atoms with Crippen LogP contribution in [0.2, 0.25) is 5.02 Å². The molecule has 6 nitrogen and oxygen atoms in total. The summed E-state index contributed by atoms with van der Waals surface area (Å²) in [5.74, 6) is 1.12. The van der Waals surface area contributed by atoms with Crippen molar-refractivity contribution in [3.63, 3.8) is 0 Å². The molecule has 0 radical (unpaired) electrons. The van der Waals surface area contributed by atoms with E-state index in [-0.39, 0.29) is 6.10 Å². The first-order chi connectivity index (χ1) is 9.75. The van der Waals surface area contributed by atoms with Gasteiger partial charge in [0.15, 0.2) is 5.82 Å². The van der Waals surface area contributed by atoms with Gasteiger partial charge in [0.25, 0.3) is 0 Å². The molecule has 1 aliphatic heterocycles. The predicted molar refractivity (Wildman–Crippen MR) is 75.7 cm³/mol. The maximum atomic E-state index is 6.23. The number of hydrogen-bond acceptors (Lipinski definition) is 5. The van der Waals surface area contributed by atoms with Crippen molar-refractivity contribution in [3.8, 4) is 0 Å². The SMILES string of the molecule is Cc1nccc(NC[C@@H]2CCO[C@@H]2c2ncn[nH]2)c1Cl.